The fraction of sp³-hybridized carbons (Fsp3) is 0.610. The summed E-state index contributed by atoms with van der Waals surface area (Å²) in [6, 6.07) is 13.0. The van der Waals surface area contributed by atoms with Gasteiger partial charge in [0, 0.05) is 42.4 Å². The van der Waals surface area contributed by atoms with Gasteiger partial charge in [0.05, 0.1) is 77.4 Å². The van der Waals surface area contributed by atoms with Crippen molar-refractivity contribution in [2.24, 2.45) is 5.41 Å². The average Bonchev–Trinajstić information content (AvgIpc) is 3.28. The van der Waals surface area contributed by atoms with Crippen LogP contribution < -0.4 is 25.8 Å². The van der Waals surface area contributed by atoms with Crippen LogP contribution in [0.4, 0.5) is 21.9 Å². The van der Waals surface area contributed by atoms with Crippen molar-refractivity contribution >= 4 is 40.7 Å². The molecule has 0 bridgehead atoms. The molecule has 1 atom stereocenters. The fourth-order valence-corrected chi connectivity index (χ4v) is 6.43. The van der Waals surface area contributed by atoms with Crippen LogP contribution in [0, 0.1) is 5.41 Å². The summed E-state index contributed by atoms with van der Waals surface area (Å²) in [7, 11) is 0. The highest BCUT2D eigenvalue weighted by Gasteiger charge is 2.39. The van der Waals surface area contributed by atoms with Crippen molar-refractivity contribution in [3.63, 3.8) is 0 Å². The molecule has 4 amide bonds. The van der Waals surface area contributed by atoms with Gasteiger partial charge in [-0.2, -0.15) is 0 Å². The third kappa shape index (κ3) is 14.5. The zero-order valence-corrected chi connectivity index (χ0v) is 33.1. The van der Waals surface area contributed by atoms with Gasteiger partial charge in [-0.25, -0.2) is 4.79 Å². The summed E-state index contributed by atoms with van der Waals surface area (Å²) < 4.78 is 27.1. The van der Waals surface area contributed by atoms with Gasteiger partial charge in [-0.3, -0.25) is 14.4 Å². The molecule has 1 saturated carbocycles. The summed E-state index contributed by atoms with van der Waals surface area (Å²) in [5.74, 6) is -0.744. The Hall–Kier alpha value is -4.08. The molecule has 0 radical (unpaired) electrons. The fourth-order valence-electron chi connectivity index (χ4n) is 6.43. The Bertz CT molecular complexity index is 1510. The molecule has 0 aromatic heterocycles. The first kappa shape index (κ1) is 43.6. The zero-order chi connectivity index (χ0) is 39.5. The number of urea groups is 1. The van der Waals surface area contributed by atoms with Crippen LogP contribution in [0.2, 0.25) is 0 Å². The molecule has 1 heterocycles. The molecule has 2 aliphatic rings. The number of ether oxygens (including phenoxy) is 5. The Morgan fingerprint density at radius 2 is 1.36 bits per heavy atom. The lowest BCUT2D eigenvalue weighted by Gasteiger charge is -2.37. The first-order chi connectivity index (χ1) is 26.6. The minimum atomic E-state index is -0.923. The Labute approximate surface area is 325 Å². The summed E-state index contributed by atoms with van der Waals surface area (Å²) >= 11 is 0. The van der Waals surface area contributed by atoms with Crippen LogP contribution in [-0.4, -0.2) is 121 Å². The lowest BCUT2D eigenvalue weighted by Crippen LogP contribution is -2.55. The molecule has 1 aliphatic heterocycles. The van der Waals surface area contributed by atoms with Crippen LogP contribution >= 0.6 is 0 Å². The molecule has 1 aliphatic carbocycles. The normalized spacial score (nSPS) is 16.4. The number of para-hydroxylation sites is 2. The second kappa shape index (κ2) is 23.1. The minimum absolute atomic E-state index is 0.0791. The lowest BCUT2D eigenvalue weighted by molar-refractivity contribution is -0.127. The zero-order valence-electron chi connectivity index (χ0n) is 33.1. The summed E-state index contributed by atoms with van der Waals surface area (Å²) in [4.78, 5) is 57.7. The van der Waals surface area contributed by atoms with E-state index in [4.69, 9.17) is 23.7 Å². The van der Waals surface area contributed by atoms with Gasteiger partial charge in [0.25, 0.3) is 11.8 Å². The second-order valence-corrected chi connectivity index (χ2v) is 14.7. The number of nitrogens with zero attached hydrogens (tertiary/aromatic N) is 2. The van der Waals surface area contributed by atoms with E-state index >= 15 is 0 Å². The molecule has 14 nitrogen and oxygen atoms in total. The third-order valence-electron chi connectivity index (χ3n) is 9.49. The molecule has 0 spiro atoms. The number of ketones is 1. The largest absolute Gasteiger partial charge is 0.379 e. The number of hydrogen-bond acceptors (Lipinski definition) is 10. The van der Waals surface area contributed by atoms with Gasteiger partial charge in [0.15, 0.2) is 5.78 Å². The number of carbonyl (C=O) groups excluding carboxylic acids is 4. The van der Waals surface area contributed by atoms with E-state index in [9.17, 15) is 19.2 Å². The first-order valence-electron chi connectivity index (χ1n) is 19.6. The summed E-state index contributed by atoms with van der Waals surface area (Å²) in [5, 5.41) is 8.52. The van der Waals surface area contributed by atoms with Crippen molar-refractivity contribution in [2.75, 3.05) is 101 Å². The summed E-state index contributed by atoms with van der Waals surface area (Å²) in [6.07, 6.45) is 5.34. The predicted molar refractivity (Wildman–Crippen MR) is 212 cm³/mol. The SMILES string of the molecule is CCOCCOCCOCCOCCOCCNC(=O)c1cccc(NC(=O)N[C@@H]2CN(C3CCCCC3)c3ccccc3N(CC(=O)C(C)(C)C)C2=O)c1. The monoisotopic (exact) mass is 767 g/mol. The van der Waals surface area contributed by atoms with E-state index in [1.807, 2.05) is 52.0 Å². The Morgan fingerprint density at radius 1 is 0.764 bits per heavy atom. The summed E-state index contributed by atoms with van der Waals surface area (Å²) in [5.41, 5.74) is 1.66. The number of amides is 4. The number of rotatable bonds is 22. The molecule has 2 aromatic rings. The number of anilines is 3. The number of benzene rings is 2. The van der Waals surface area contributed by atoms with Gasteiger partial charge in [-0.15, -0.1) is 0 Å². The Morgan fingerprint density at radius 3 is 1.98 bits per heavy atom. The topological polar surface area (TPSA) is 157 Å². The van der Waals surface area contributed by atoms with Crippen LogP contribution in [0.25, 0.3) is 0 Å². The molecule has 2 aromatic carbocycles. The van der Waals surface area contributed by atoms with Crippen molar-refractivity contribution in [3.05, 3.63) is 54.1 Å². The highest BCUT2D eigenvalue weighted by molar-refractivity contribution is 6.08. The molecule has 3 N–H and O–H groups in total. The number of carbonyl (C=O) groups is 4. The van der Waals surface area contributed by atoms with E-state index in [1.165, 1.54) is 11.3 Å². The molecule has 304 valence electrons. The van der Waals surface area contributed by atoms with Crippen LogP contribution in [0.15, 0.2) is 48.5 Å². The smallest absolute Gasteiger partial charge is 0.319 e. The molecular formula is C41H61N5O9. The van der Waals surface area contributed by atoms with Gasteiger partial charge in [0.1, 0.15) is 6.04 Å². The third-order valence-corrected chi connectivity index (χ3v) is 9.49. The molecule has 55 heavy (non-hydrogen) atoms. The maximum Gasteiger partial charge on any atom is 0.319 e. The minimum Gasteiger partial charge on any atom is -0.379 e. The number of hydrogen-bond donors (Lipinski definition) is 3. The molecule has 0 saturated heterocycles. The van der Waals surface area contributed by atoms with Gasteiger partial charge in [-0.1, -0.05) is 58.2 Å². The number of Topliss-reactive ketones (excluding diaryl/α,β-unsaturated/α-hetero) is 1. The molecular weight excluding hydrogens is 706 g/mol. The van der Waals surface area contributed by atoms with Crippen molar-refractivity contribution < 1.29 is 42.9 Å². The molecule has 1 fully saturated rings. The van der Waals surface area contributed by atoms with Crippen LogP contribution in [-0.2, 0) is 33.3 Å². The van der Waals surface area contributed by atoms with E-state index in [-0.39, 0.29) is 36.7 Å². The number of nitrogens with one attached hydrogen (secondary N) is 3. The quantitative estimate of drug-likeness (QED) is 0.142. The maximum absolute atomic E-state index is 14.2. The van der Waals surface area contributed by atoms with Crippen molar-refractivity contribution in [1.29, 1.82) is 0 Å². The van der Waals surface area contributed by atoms with Gasteiger partial charge < -0.3 is 49.4 Å². The van der Waals surface area contributed by atoms with Gasteiger partial charge in [0.2, 0.25) is 0 Å². The highest BCUT2D eigenvalue weighted by Crippen LogP contribution is 2.37. The van der Waals surface area contributed by atoms with Crippen molar-refractivity contribution in [3.8, 4) is 0 Å². The van der Waals surface area contributed by atoms with Crippen molar-refractivity contribution in [1.82, 2.24) is 10.6 Å². The first-order valence-corrected chi connectivity index (χ1v) is 19.6. The van der Waals surface area contributed by atoms with Crippen LogP contribution in [0.3, 0.4) is 0 Å². The lowest BCUT2D eigenvalue weighted by atomic mass is 9.90. The van der Waals surface area contributed by atoms with Gasteiger partial charge in [-0.05, 0) is 50.1 Å². The molecule has 14 heteroatoms. The predicted octanol–water partition coefficient (Wildman–Crippen LogP) is 4.81. The maximum atomic E-state index is 14.2. The highest BCUT2D eigenvalue weighted by atomic mass is 16.6. The van der Waals surface area contributed by atoms with Gasteiger partial charge >= 0.3 is 6.03 Å². The van der Waals surface area contributed by atoms with Crippen molar-refractivity contribution in [2.45, 2.75) is 71.9 Å². The average molecular weight is 768 g/mol. The van der Waals surface area contributed by atoms with E-state index in [2.05, 4.69) is 20.9 Å². The van der Waals surface area contributed by atoms with E-state index in [0.29, 0.717) is 89.6 Å². The van der Waals surface area contributed by atoms with Crippen LogP contribution in [0.5, 0.6) is 0 Å². The second-order valence-electron chi connectivity index (χ2n) is 14.7. The van der Waals surface area contributed by atoms with E-state index in [0.717, 1.165) is 31.4 Å². The standard InChI is InChI=1S/C41H61N5O9/c1-5-51-20-21-53-24-25-55-27-26-54-23-22-52-19-18-42-38(48)31-12-11-13-32(28-31)43-40(50)44-34-29-45(33-14-7-6-8-15-33)35-16-9-10-17-36(35)46(39(34)49)30-37(47)41(2,3)4/h9-13,16-17,28,33-34H,5-8,14-15,18-27,29-30H2,1-4H3,(H,42,48)(H2,43,44,50)/t34-/m1/s1. The van der Waals surface area contributed by atoms with E-state index in [1.54, 1.807) is 24.3 Å². The molecule has 4 rings (SSSR count). The summed E-state index contributed by atoms with van der Waals surface area (Å²) in [6.45, 7) is 12.7. The Balaban J connectivity index is 1.24. The number of fused-ring (bicyclic) bond motifs is 1. The Kier molecular flexibility index (Phi) is 18.3. The molecule has 0 unspecified atom stereocenters. The van der Waals surface area contributed by atoms with E-state index < -0.39 is 17.5 Å². The van der Waals surface area contributed by atoms with Crippen LogP contribution in [0.1, 0.15) is 70.2 Å².